The summed E-state index contributed by atoms with van der Waals surface area (Å²) in [5, 5.41) is 9.63. The summed E-state index contributed by atoms with van der Waals surface area (Å²) in [5.41, 5.74) is 0.774. The Labute approximate surface area is 117 Å². The topological polar surface area (TPSA) is 40.5 Å². The molecular weight excluding hydrogens is 269 g/mol. The van der Waals surface area contributed by atoms with Crippen molar-refractivity contribution >= 4 is 17.6 Å². The van der Waals surface area contributed by atoms with Gasteiger partial charge in [-0.3, -0.25) is 9.69 Å². The van der Waals surface area contributed by atoms with Crippen LogP contribution in [0.15, 0.2) is 18.2 Å². The molecule has 3 nitrogen and oxygen atoms in total. The van der Waals surface area contributed by atoms with Gasteiger partial charge in [0.15, 0.2) is 0 Å². The summed E-state index contributed by atoms with van der Waals surface area (Å²) in [5.74, 6) is -1.18. The van der Waals surface area contributed by atoms with Gasteiger partial charge in [0, 0.05) is 11.1 Å². The molecule has 1 fully saturated rings. The summed E-state index contributed by atoms with van der Waals surface area (Å²) >= 11 is 6.06. The number of piperidine rings is 1. The highest BCUT2D eigenvalue weighted by Gasteiger charge is 2.32. The fraction of sp³-hybridized carbons (Fsp3) is 0.500. The molecule has 1 aliphatic rings. The van der Waals surface area contributed by atoms with Crippen LogP contribution in [0.5, 0.6) is 0 Å². The van der Waals surface area contributed by atoms with Gasteiger partial charge in [0.25, 0.3) is 0 Å². The molecule has 2 rings (SSSR count). The second-order valence-electron chi connectivity index (χ2n) is 4.93. The van der Waals surface area contributed by atoms with E-state index in [1.54, 1.807) is 6.07 Å². The molecule has 0 bridgehead atoms. The van der Waals surface area contributed by atoms with Crippen molar-refractivity contribution in [1.29, 1.82) is 0 Å². The first-order chi connectivity index (χ1) is 9.00. The number of benzene rings is 1. The van der Waals surface area contributed by atoms with E-state index in [0.717, 1.165) is 24.9 Å². The second kappa shape index (κ2) is 5.88. The molecule has 19 heavy (non-hydrogen) atoms. The van der Waals surface area contributed by atoms with E-state index in [0.29, 0.717) is 11.4 Å². The van der Waals surface area contributed by atoms with Crippen molar-refractivity contribution in [3.8, 4) is 0 Å². The van der Waals surface area contributed by atoms with E-state index < -0.39 is 12.0 Å². The van der Waals surface area contributed by atoms with E-state index in [1.807, 2.05) is 11.8 Å². The highest BCUT2D eigenvalue weighted by Crippen LogP contribution is 2.32. The van der Waals surface area contributed by atoms with Crippen molar-refractivity contribution in [3.63, 3.8) is 0 Å². The van der Waals surface area contributed by atoms with Crippen molar-refractivity contribution in [3.05, 3.63) is 34.6 Å². The van der Waals surface area contributed by atoms with Gasteiger partial charge < -0.3 is 5.11 Å². The lowest BCUT2D eigenvalue weighted by molar-refractivity contribution is -0.145. The van der Waals surface area contributed by atoms with Crippen molar-refractivity contribution in [2.45, 2.75) is 38.3 Å². The van der Waals surface area contributed by atoms with Crippen LogP contribution in [0.25, 0.3) is 0 Å². The SMILES string of the molecule is CC(c1ccc(F)cc1Cl)N1CCCCC1C(=O)O. The predicted molar refractivity (Wildman–Crippen MR) is 71.8 cm³/mol. The van der Waals surface area contributed by atoms with Crippen LogP contribution in [0.4, 0.5) is 4.39 Å². The summed E-state index contributed by atoms with van der Waals surface area (Å²) in [7, 11) is 0. The van der Waals surface area contributed by atoms with Crippen LogP contribution < -0.4 is 0 Å². The molecule has 104 valence electrons. The van der Waals surface area contributed by atoms with Crippen molar-refractivity contribution in [1.82, 2.24) is 4.90 Å². The molecular formula is C14H17ClFNO2. The number of carbonyl (C=O) groups is 1. The first-order valence-electron chi connectivity index (χ1n) is 6.44. The average Bonchev–Trinajstić information content (AvgIpc) is 2.38. The third-order valence-electron chi connectivity index (χ3n) is 3.74. The number of halogens is 2. The number of carboxylic acids is 1. The van der Waals surface area contributed by atoms with Gasteiger partial charge in [-0.15, -0.1) is 0 Å². The molecule has 1 heterocycles. The molecule has 1 N–H and O–H groups in total. The quantitative estimate of drug-likeness (QED) is 0.924. The van der Waals surface area contributed by atoms with Crippen LogP contribution in [0.2, 0.25) is 5.02 Å². The molecule has 1 aromatic carbocycles. The Hall–Kier alpha value is -1.13. The van der Waals surface area contributed by atoms with Gasteiger partial charge in [-0.25, -0.2) is 4.39 Å². The van der Waals surface area contributed by atoms with E-state index >= 15 is 0 Å². The van der Waals surface area contributed by atoms with E-state index in [1.165, 1.54) is 12.1 Å². The number of hydrogen-bond acceptors (Lipinski definition) is 2. The molecule has 0 saturated carbocycles. The van der Waals surface area contributed by atoms with E-state index in [9.17, 15) is 14.3 Å². The highest BCUT2D eigenvalue weighted by molar-refractivity contribution is 6.31. The number of nitrogens with zero attached hydrogens (tertiary/aromatic N) is 1. The third-order valence-corrected chi connectivity index (χ3v) is 4.07. The minimum absolute atomic E-state index is 0.130. The largest absolute Gasteiger partial charge is 0.480 e. The molecule has 1 saturated heterocycles. The van der Waals surface area contributed by atoms with Crippen molar-refractivity contribution in [2.24, 2.45) is 0 Å². The van der Waals surface area contributed by atoms with Gasteiger partial charge >= 0.3 is 5.97 Å². The summed E-state index contributed by atoms with van der Waals surface area (Å²) in [6.07, 6.45) is 2.56. The Balaban J connectivity index is 2.25. The number of aliphatic carboxylic acids is 1. The summed E-state index contributed by atoms with van der Waals surface area (Å²) < 4.78 is 13.1. The molecule has 0 amide bonds. The van der Waals surface area contributed by atoms with Crippen LogP contribution in [0, 0.1) is 5.82 Å². The first kappa shape index (κ1) is 14.3. The Morgan fingerprint density at radius 3 is 2.89 bits per heavy atom. The molecule has 0 aromatic heterocycles. The standard InChI is InChI=1S/C14H17ClFNO2/c1-9(11-6-5-10(16)8-12(11)15)17-7-3-2-4-13(17)14(18)19/h5-6,8-9,13H,2-4,7H2,1H3,(H,18,19). The second-order valence-corrected chi connectivity index (χ2v) is 5.34. The average molecular weight is 286 g/mol. The summed E-state index contributed by atoms with van der Waals surface area (Å²) in [4.78, 5) is 13.2. The van der Waals surface area contributed by atoms with Crippen LogP contribution in [-0.2, 0) is 4.79 Å². The van der Waals surface area contributed by atoms with Crippen molar-refractivity contribution in [2.75, 3.05) is 6.54 Å². The van der Waals surface area contributed by atoms with Gasteiger partial charge in [0.05, 0.1) is 0 Å². The number of likely N-dealkylation sites (tertiary alicyclic amines) is 1. The number of rotatable bonds is 3. The normalized spacial score (nSPS) is 22.2. The molecule has 0 spiro atoms. The Morgan fingerprint density at radius 1 is 1.53 bits per heavy atom. The zero-order valence-corrected chi connectivity index (χ0v) is 11.5. The van der Waals surface area contributed by atoms with Crippen LogP contribution in [0.3, 0.4) is 0 Å². The predicted octanol–water partition coefficient (Wildman–Crippen LogP) is 3.48. The smallest absolute Gasteiger partial charge is 0.320 e. The molecule has 5 heteroatoms. The lowest BCUT2D eigenvalue weighted by Gasteiger charge is -2.38. The monoisotopic (exact) mass is 285 g/mol. The minimum atomic E-state index is -0.801. The first-order valence-corrected chi connectivity index (χ1v) is 6.82. The van der Waals surface area contributed by atoms with Gasteiger partial charge in [-0.05, 0) is 44.0 Å². The molecule has 2 atom stereocenters. The number of carboxylic acid groups (broad SMARTS) is 1. The van der Waals surface area contributed by atoms with Crippen molar-refractivity contribution < 1.29 is 14.3 Å². The van der Waals surface area contributed by atoms with E-state index in [-0.39, 0.29) is 11.9 Å². The van der Waals surface area contributed by atoms with Crippen LogP contribution in [0.1, 0.15) is 37.8 Å². The lowest BCUT2D eigenvalue weighted by atomic mass is 9.97. The van der Waals surface area contributed by atoms with Gasteiger partial charge in [0.2, 0.25) is 0 Å². The van der Waals surface area contributed by atoms with Crippen LogP contribution >= 0.6 is 11.6 Å². The van der Waals surface area contributed by atoms with Gasteiger partial charge in [0.1, 0.15) is 11.9 Å². The summed E-state index contributed by atoms with van der Waals surface area (Å²) in [6, 6.07) is 3.65. The lowest BCUT2D eigenvalue weighted by Crippen LogP contribution is -2.45. The van der Waals surface area contributed by atoms with Gasteiger partial charge in [-0.2, -0.15) is 0 Å². The Bertz CT molecular complexity index is 481. The fourth-order valence-electron chi connectivity index (χ4n) is 2.70. The highest BCUT2D eigenvalue weighted by atomic mass is 35.5. The third kappa shape index (κ3) is 3.07. The van der Waals surface area contributed by atoms with E-state index in [4.69, 9.17) is 11.6 Å². The maximum absolute atomic E-state index is 13.1. The van der Waals surface area contributed by atoms with E-state index in [2.05, 4.69) is 0 Å². The zero-order valence-electron chi connectivity index (χ0n) is 10.8. The fourth-order valence-corrected chi connectivity index (χ4v) is 3.03. The zero-order chi connectivity index (χ0) is 14.0. The molecule has 1 aromatic rings. The molecule has 0 aliphatic carbocycles. The van der Waals surface area contributed by atoms with Gasteiger partial charge in [-0.1, -0.05) is 24.1 Å². The maximum Gasteiger partial charge on any atom is 0.320 e. The molecule has 0 radical (unpaired) electrons. The minimum Gasteiger partial charge on any atom is -0.480 e. The maximum atomic E-state index is 13.1. The molecule has 1 aliphatic heterocycles. The van der Waals surface area contributed by atoms with Crippen LogP contribution in [-0.4, -0.2) is 28.6 Å². The summed E-state index contributed by atoms with van der Waals surface area (Å²) in [6.45, 7) is 2.65. The Morgan fingerprint density at radius 2 is 2.26 bits per heavy atom. The number of hydrogen-bond donors (Lipinski definition) is 1. The molecule has 2 unspecified atom stereocenters. The Kier molecular flexibility index (Phi) is 4.42.